The van der Waals surface area contributed by atoms with Crippen LogP contribution in [0.3, 0.4) is 0 Å². The number of benzene rings is 1. The number of aromatic nitrogens is 3. The van der Waals surface area contributed by atoms with E-state index >= 15 is 0 Å². The van der Waals surface area contributed by atoms with Gasteiger partial charge in [-0.3, -0.25) is 9.59 Å². The van der Waals surface area contributed by atoms with Gasteiger partial charge in [-0.1, -0.05) is 25.5 Å². The van der Waals surface area contributed by atoms with E-state index in [2.05, 4.69) is 20.3 Å². The summed E-state index contributed by atoms with van der Waals surface area (Å²) in [5, 5.41) is 12.2. The first-order valence-corrected chi connectivity index (χ1v) is 9.37. The highest BCUT2D eigenvalue weighted by atomic mass is 16.4. The molecule has 0 bridgehead atoms. The summed E-state index contributed by atoms with van der Waals surface area (Å²) in [4.78, 5) is 45.1. The zero-order valence-electron chi connectivity index (χ0n) is 16.0. The molecule has 9 nitrogen and oxygen atoms in total. The van der Waals surface area contributed by atoms with Crippen molar-refractivity contribution in [2.24, 2.45) is 0 Å². The lowest BCUT2D eigenvalue weighted by Crippen LogP contribution is -2.40. The van der Waals surface area contributed by atoms with Gasteiger partial charge in [-0.25, -0.2) is 4.79 Å². The molecule has 29 heavy (non-hydrogen) atoms. The second-order valence-corrected chi connectivity index (χ2v) is 6.84. The molecule has 0 saturated heterocycles. The van der Waals surface area contributed by atoms with Crippen LogP contribution in [-0.4, -0.2) is 38.0 Å². The standard InChI is InChI=1S/C20H23N5O4/c1-2-3-14(19(28)29)23-17(26)12-7-4-11(5-8-12)6-9-13-10-22-16-15(13)18(27)25-20(21)24-16/h4-5,7-8,10,14H,2-3,6,9H2,1H3,(H,23,26)(H,28,29)(H4,21,22,24,25,27). The molecule has 3 aromatic rings. The van der Waals surface area contributed by atoms with Crippen LogP contribution in [0.25, 0.3) is 11.0 Å². The van der Waals surface area contributed by atoms with E-state index in [0.29, 0.717) is 42.3 Å². The van der Waals surface area contributed by atoms with Crippen molar-refractivity contribution in [1.82, 2.24) is 20.3 Å². The second kappa shape index (κ2) is 8.59. The van der Waals surface area contributed by atoms with E-state index in [1.165, 1.54) is 0 Å². The van der Waals surface area contributed by atoms with Crippen molar-refractivity contribution < 1.29 is 14.7 Å². The molecule has 6 N–H and O–H groups in total. The van der Waals surface area contributed by atoms with Crippen LogP contribution in [0.5, 0.6) is 0 Å². The van der Waals surface area contributed by atoms with Gasteiger partial charge in [0.2, 0.25) is 5.95 Å². The number of H-pyrrole nitrogens is 2. The van der Waals surface area contributed by atoms with Gasteiger partial charge in [-0.05, 0) is 42.5 Å². The highest BCUT2D eigenvalue weighted by Gasteiger charge is 2.19. The van der Waals surface area contributed by atoms with Crippen LogP contribution in [-0.2, 0) is 17.6 Å². The van der Waals surface area contributed by atoms with E-state index in [0.717, 1.165) is 11.1 Å². The number of rotatable bonds is 8. The van der Waals surface area contributed by atoms with E-state index in [1.807, 2.05) is 19.1 Å². The number of anilines is 1. The Morgan fingerprint density at radius 1 is 1.24 bits per heavy atom. The Balaban J connectivity index is 1.66. The lowest BCUT2D eigenvalue weighted by atomic mass is 10.0. The first-order chi connectivity index (χ1) is 13.9. The van der Waals surface area contributed by atoms with E-state index in [1.54, 1.807) is 18.3 Å². The van der Waals surface area contributed by atoms with E-state index in [-0.39, 0.29) is 11.5 Å². The fraction of sp³-hybridized carbons (Fsp3) is 0.300. The number of carboxylic acids is 1. The van der Waals surface area contributed by atoms with Crippen molar-refractivity contribution in [3.8, 4) is 0 Å². The maximum atomic E-state index is 12.3. The summed E-state index contributed by atoms with van der Waals surface area (Å²) in [6, 6.07) is 6.08. The third kappa shape index (κ3) is 4.63. The largest absolute Gasteiger partial charge is 0.480 e. The number of nitrogens with one attached hydrogen (secondary N) is 3. The molecule has 0 saturated carbocycles. The molecule has 0 aliphatic carbocycles. The number of aryl methyl sites for hydroxylation is 2. The number of aliphatic carboxylic acids is 1. The third-order valence-electron chi connectivity index (χ3n) is 4.73. The molecule has 0 aliphatic rings. The first kappa shape index (κ1) is 20.1. The van der Waals surface area contributed by atoms with Crippen LogP contribution < -0.4 is 16.6 Å². The van der Waals surface area contributed by atoms with Gasteiger partial charge in [-0.15, -0.1) is 0 Å². The van der Waals surface area contributed by atoms with Gasteiger partial charge in [0.1, 0.15) is 11.7 Å². The van der Waals surface area contributed by atoms with Gasteiger partial charge < -0.3 is 26.1 Å². The molecule has 2 aromatic heterocycles. The van der Waals surface area contributed by atoms with Crippen LogP contribution in [0, 0.1) is 0 Å². The smallest absolute Gasteiger partial charge is 0.326 e. The van der Waals surface area contributed by atoms with Crippen LogP contribution in [0.4, 0.5) is 5.95 Å². The molecule has 152 valence electrons. The van der Waals surface area contributed by atoms with Crippen molar-refractivity contribution >= 4 is 28.9 Å². The Bertz CT molecular complexity index is 1080. The summed E-state index contributed by atoms with van der Waals surface area (Å²) in [5.41, 5.74) is 7.94. The van der Waals surface area contributed by atoms with Crippen molar-refractivity contribution in [3.63, 3.8) is 0 Å². The average Bonchev–Trinajstić information content (AvgIpc) is 3.09. The van der Waals surface area contributed by atoms with E-state index in [4.69, 9.17) is 10.8 Å². The predicted molar refractivity (Wildman–Crippen MR) is 109 cm³/mol. The molecule has 9 heteroatoms. The van der Waals surface area contributed by atoms with Gasteiger partial charge in [0.05, 0.1) is 5.39 Å². The van der Waals surface area contributed by atoms with Crippen LogP contribution in [0.1, 0.15) is 41.3 Å². The molecule has 0 spiro atoms. The molecule has 1 unspecified atom stereocenters. The maximum Gasteiger partial charge on any atom is 0.326 e. The fourth-order valence-electron chi connectivity index (χ4n) is 3.21. The summed E-state index contributed by atoms with van der Waals surface area (Å²) in [6.07, 6.45) is 4.06. The number of nitrogen functional groups attached to an aromatic ring is 1. The summed E-state index contributed by atoms with van der Waals surface area (Å²) in [5.74, 6) is -1.39. The number of amides is 1. The van der Waals surface area contributed by atoms with E-state index in [9.17, 15) is 14.4 Å². The highest BCUT2D eigenvalue weighted by Crippen LogP contribution is 2.16. The normalized spacial score (nSPS) is 12.0. The second-order valence-electron chi connectivity index (χ2n) is 6.84. The number of carbonyl (C=O) groups is 2. The Morgan fingerprint density at radius 3 is 2.62 bits per heavy atom. The van der Waals surface area contributed by atoms with Crippen LogP contribution >= 0.6 is 0 Å². The maximum absolute atomic E-state index is 12.3. The Hall–Kier alpha value is -3.62. The molecule has 3 rings (SSSR count). The Morgan fingerprint density at radius 2 is 1.97 bits per heavy atom. The molecule has 0 radical (unpaired) electrons. The summed E-state index contributed by atoms with van der Waals surface area (Å²) < 4.78 is 0. The molecular weight excluding hydrogens is 374 g/mol. The molecular formula is C20H23N5O4. The Labute approximate surface area is 166 Å². The van der Waals surface area contributed by atoms with Crippen molar-refractivity contribution in [3.05, 3.63) is 57.5 Å². The zero-order valence-corrected chi connectivity index (χ0v) is 16.0. The lowest BCUT2D eigenvalue weighted by Gasteiger charge is -2.13. The molecule has 1 atom stereocenters. The number of hydrogen-bond acceptors (Lipinski definition) is 5. The van der Waals surface area contributed by atoms with Crippen molar-refractivity contribution in [2.75, 3.05) is 5.73 Å². The van der Waals surface area contributed by atoms with Crippen molar-refractivity contribution in [2.45, 2.75) is 38.6 Å². The summed E-state index contributed by atoms with van der Waals surface area (Å²) in [6.45, 7) is 1.86. The minimum Gasteiger partial charge on any atom is -0.480 e. The van der Waals surface area contributed by atoms with Gasteiger partial charge in [0.25, 0.3) is 11.5 Å². The summed E-state index contributed by atoms with van der Waals surface area (Å²) in [7, 11) is 0. The number of carbonyl (C=O) groups excluding carboxylic acids is 1. The number of fused-ring (bicyclic) bond motifs is 1. The zero-order chi connectivity index (χ0) is 21.0. The molecule has 2 heterocycles. The lowest BCUT2D eigenvalue weighted by molar-refractivity contribution is -0.139. The predicted octanol–water partition coefficient (Wildman–Crippen LogP) is 1.60. The van der Waals surface area contributed by atoms with Gasteiger partial charge in [0.15, 0.2) is 0 Å². The monoisotopic (exact) mass is 397 g/mol. The van der Waals surface area contributed by atoms with Crippen LogP contribution in [0.2, 0.25) is 0 Å². The minimum atomic E-state index is -1.04. The van der Waals surface area contributed by atoms with Gasteiger partial charge in [-0.2, -0.15) is 4.98 Å². The average molecular weight is 397 g/mol. The van der Waals surface area contributed by atoms with Crippen molar-refractivity contribution in [1.29, 1.82) is 0 Å². The topological polar surface area (TPSA) is 154 Å². The third-order valence-corrected chi connectivity index (χ3v) is 4.73. The minimum absolute atomic E-state index is 0.0637. The number of aromatic amines is 2. The SMILES string of the molecule is CCCC(NC(=O)c1ccc(CCc2c[nH]c3[nH]c(N)nc(=O)c23)cc1)C(=O)O. The van der Waals surface area contributed by atoms with Gasteiger partial charge in [0, 0.05) is 11.8 Å². The highest BCUT2D eigenvalue weighted by molar-refractivity contribution is 5.96. The molecule has 0 aliphatic heterocycles. The number of hydrogen-bond donors (Lipinski definition) is 5. The number of nitrogens with zero attached hydrogens (tertiary/aromatic N) is 1. The van der Waals surface area contributed by atoms with E-state index < -0.39 is 17.9 Å². The van der Waals surface area contributed by atoms with Crippen LogP contribution in [0.15, 0.2) is 35.3 Å². The molecule has 0 fully saturated rings. The quantitative estimate of drug-likeness (QED) is 0.389. The molecule has 1 aromatic carbocycles. The number of carboxylic acid groups (broad SMARTS) is 1. The first-order valence-electron chi connectivity index (χ1n) is 9.37. The summed E-state index contributed by atoms with van der Waals surface area (Å²) >= 11 is 0. The fourth-order valence-corrected chi connectivity index (χ4v) is 3.21. The van der Waals surface area contributed by atoms with Gasteiger partial charge >= 0.3 is 5.97 Å². The Kier molecular flexibility index (Phi) is 5.96. The number of nitrogens with two attached hydrogens (primary N) is 1. The molecule has 1 amide bonds.